The molecule has 0 unspecified atom stereocenters. The summed E-state index contributed by atoms with van der Waals surface area (Å²) in [5, 5.41) is 0. The zero-order valence-corrected chi connectivity index (χ0v) is 9.94. The van der Waals surface area contributed by atoms with E-state index in [4.69, 9.17) is 27.4 Å². The average Bonchev–Trinajstić information content (AvgIpc) is 2.08. The summed E-state index contributed by atoms with van der Waals surface area (Å²) in [6, 6.07) is 0. The van der Waals surface area contributed by atoms with E-state index in [0.29, 0.717) is 30.7 Å². The van der Waals surface area contributed by atoms with Crippen molar-refractivity contribution in [1.29, 1.82) is 0 Å². The lowest BCUT2D eigenvalue weighted by molar-refractivity contribution is 0.0375. The predicted octanol–water partition coefficient (Wildman–Crippen LogP) is 1.74. The molecule has 0 aromatic carbocycles. The van der Waals surface area contributed by atoms with E-state index in [1.165, 1.54) is 0 Å². The first-order valence-electron chi connectivity index (χ1n) is 5.06. The molecule has 0 saturated heterocycles. The van der Waals surface area contributed by atoms with Crippen molar-refractivity contribution in [2.24, 2.45) is 11.7 Å². The molecule has 3 nitrogen and oxygen atoms in total. The molecule has 0 rings (SSSR count). The maximum Gasteiger partial charge on any atom is 0.0728 e. The monoisotopic (exact) mass is 219 g/mol. The molecule has 0 atom stereocenters. The molecule has 0 spiro atoms. The summed E-state index contributed by atoms with van der Waals surface area (Å²) in [4.78, 5) is 0.560. The summed E-state index contributed by atoms with van der Waals surface area (Å²) in [5.41, 5.74) is 5.34. The lowest BCUT2D eigenvalue weighted by Gasteiger charge is -2.07. The van der Waals surface area contributed by atoms with Crippen molar-refractivity contribution in [3.8, 4) is 0 Å². The Labute approximate surface area is 91.9 Å². The van der Waals surface area contributed by atoms with Crippen LogP contribution in [0.1, 0.15) is 26.7 Å². The molecule has 0 aliphatic carbocycles. The van der Waals surface area contributed by atoms with Crippen molar-refractivity contribution in [1.82, 2.24) is 0 Å². The fraction of sp³-hybridized carbons (Fsp3) is 0.900. The second-order valence-corrected chi connectivity index (χ2v) is 4.18. The van der Waals surface area contributed by atoms with Crippen molar-refractivity contribution in [2.75, 3.05) is 26.4 Å². The van der Waals surface area contributed by atoms with Gasteiger partial charge in [0, 0.05) is 13.2 Å². The molecular weight excluding hydrogens is 198 g/mol. The van der Waals surface area contributed by atoms with Crippen LogP contribution in [0.15, 0.2) is 0 Å². The van der Waals surface area contributed by atoms with E-state index < -0.39 is 0 Å². The van der Waals surface area contributed by atoms with E-state index in [9.17, 15) is 0 Å². The van der Waals surface area contributed by atoms with Crippen LogP contribution in [-0.2, 0) is 9.47 Å². The van der Waals surface area contributed by atoms with Crippen LogP contribution in [0.2, 0.25) is 0 Å². The number of ether oxygens (including phenoxy) is 2. The molecule has 0 aromatic heterocycles. The Balaban J connectivity index is 2.96. The normalized spacial score (nSPS) is 10.8. The Morgan fingerprint density at radius 2 is 1.86 bits per heavy atom. The molecule has 0 aromatic rings. The maximum absolute atomic E-state index is 5.35. The maximum atomic E-state index is 5.35. The van der Waals surface area contributed by atoms with Crippen molar-refractivity contribution >= 4 is 17.2 Å². The second-order valence-electron chi connectivity index (χ2n) is 3.65. The molecule has 0 bridgehead atoms. The fourth-order valence-corrected chi connectivity index (χ4v) is 1.03. The van der Waals surface area contributed by atoms with Crippen LogP contribution in [0.4, 0.5) is 0 Å². The minimum atomic E-state index is 0.560. The highest BCUT2D eigenvalue weighted by atomic mass is 32.1. The molecule has 4 heteroatoms. The second kappa shape index (κ2) is 9.37. The Kier molecular flexibility index (Phi) is 9.24. The highest BCUT2D eigenvalue weighted by Gasteiger charge is 1.94. The van der Waals surface area contributed by atoms with Crippen molar-refractivity contribution in [3.05, 3.63) is 0 Å². The van der Waals surface area contributed by atoms with Crippen LogP contribution >= 0.6 is 12.2 Å². The van der Waals surface area contributed by atoms with Gasteiger partial charge in [0.05, 0.1) is 18.2 Å². The van der Waals surface area contributed by atoms with Crippen LogP contribution in [0.25, 0.3) is 0 Å². The van der Waals surface area contributed by atoms with E-state index in [-0.39, 0.29) is 0 Å². The first kappa shape index (κ1) is 13.8. The molecule has 2 N–H and O–H groups in total. The van der Waals surface area contributed by atoms with Crippen LogP contribution < -0.4 is 5.73 Å². The molecule has 0 amide bonds. The van der Waals surface area contributed by atoms with Crippen LogP contribution in [0, 0.1) is 5.92 Å². The molecule has 0 aliphatic rings. The highest BCUT2D eigenvalue weighted by Crippen LogP contribution is 1.93. The Morgan fingerprint density at radius 3 is 2.43 bits per heavy atom. The lowest BCUT2D eigenvalue weighted by atomic mass is 10.2. The summed E-state index contributed by atoms with van der Waals surface area (Å²) in [5.74, 6) is 0.588. The van der Waals surface area contributed by atoms with Gasteiger partial charge in [-0.05, 0) is 18.8 Å². The highest BCUT2D eigenvalue weighted by molar-refractivity contribution is 7.80. The molecular formula is C10H21NO2S. The molecule has 0 saturated carbocycles. The van der Waals surface area contributed by atoms with Gasteiger partial charge in [-0.2, -0.15) is 0 Å². The fourth-order valence-electron chi connectivity index (χ4n) is 0.887. The molecule has 0 aliphatic heterocycles. The van der Waals surface area contributed by atoms with Crippen LogP contribution in [0.5, 0.6) is 0 Å². The summed E-state index contributed by atoms with van der Waals surface area (Å²) >= 11 is 4.74. The standard InChI is InChI=1S/C10H21NO2S/c1-9(2)8-13-7-6-12-5-3-4-10(11)14/h9H,3-8H2,1-2H3,(H2,11,14). The van der Waals surface area contributed by atoms with Gasteiger partial charge < -0.3 is 15.2 Å². The molecule has 84 valence electrons. The van der Waals surface area contributed by atoms with Crippen molar-refractivity contribution in [3.63, 3.8) is 0 Å². The quantitative estimate of drug-likeness (QED) is 0.474. The van der Waals surface area contributed by atoms with E-state index in [1.807, 2.05) is 0 Å². The SMILES string of the molecule is CC(C)COCCOCCCC(N)=S. The van der Waals surface area contributed by atoms with Crippen LogP contribution in [0.3, 0.4) is 0 Å². The summed E-state index contributed by atoms with van der Waals surface area (Å²) in [6.07, 6.45) is 1.67. The minimum Gasteiger partial charge on any atom is -0.393 e. The largest absolute Gasteiger partial charge is 0.393 e. The summed E-state index contributed by atoms with van der Waals surface area (Å²) in [7, 11) is 0. The van der Waals surface area contributed by atoms with Gasteiger partial charge in [-0.25, -0.2) is 0 Å². The van der Waals surface area contributed by atoms with Crippen LogP contribution in [-0.4, -0.2) is 31.4 Å². The third kappa shape index (κ3) is 11.8. The van der Waals surface area contributed by atoms with E-state index in [0.717, 1.165) is 19.4 Å². The molecule has 0 radical (unpaired) electrons. The number of hydrogen-bond donors (Lipinski definition) is 1. The van der Waals surface area contributed by atoms with Gasteiger partial charge in [0.25, 0.3) is 0 Å². The van der Waals surface area contributed by atoms with Crippen molar-refractivity contribution < 1.29 is 9.47 Å². The van der Waals surface area contributed by atoms with E-state index in [2.05, 4.69) is 13.8 Å². The molecule has 14 heavy (non-hydrogen) atoms. The third-order valence-electron chi connectivity index (χ3n) is 1.54. The molecule has 0 fully saturated rings. The van der Waals surface area contributed by atoms with Gasteiger partial charge in [0.1, 0.15) is 0 Å². The zero-order valence-electron chi connectivity index (χ0n) is 9.12. The van der Waals surface area contributed by atoms with Gasteiger partial charge >= 0.3 is 0 Å². The van der Waals surface area contributed by atoms with Gasteiger partial charge in [0.15, 0.2) is 0 Å². The van der Waals surface area contributed by atoms with Gasteiger partial charge in [-0.15, -0.1) is 0 Å². The van der Waals surface area contributed by atoms with E-state index in [1.54, 1.807) is 0 Å². The predicted molar refractivity (Wildman–Crippen MR) is 62.5 cm³/mol. The lowest BCUT2D eigenvalue weighted by Crippen LogP contribution is -2.11. The van der Waals surface area contributed by atoms with Crippen molar-refractivity contribution in [2.45, 2.75) is 26.7 Å². The van der Waals surface area contributed by atoms with E-state index >= 15 is 0 Å². The van der Waals surface area contributed by atoms with Gasteiger partial charge in [-0.1, -0.05) is 26.1 Å². The minimum absolute atomic E-state index is 0.560. The topological polar surface area (TPSA) is 44.5 Å². The van der Waals surface area contributed by atoms with Gasteiger partial charge in [-0.3, -0.25) is 0 Å². The van der Waals surface area contributed by atoms with Gasteiger partial charge in [0.2, 0.25) is 0 Å². The summed E-state index contributed by atoms with van der Waals surface area (Å²) in [6.45, 7) is 7.10. The number of thiocarbonyl (C=S) groups is 1. The first-order valence-corrected chi connectivity index (χ1v) is 5.47. The third-order valence-corrected chi connectivity index (χ3v) is 1.74. The first-order chi connectivity index (χ1) is 6.63. The Hall–Kier alpha value is -0.190. The number of nitrogens with two attached hydrogens (primary N) is 1. The Morgan fingerprint density at radius 1 is 1.21 bits per heavy atom. The Bertz CT molecular complexity index is 151. The smallest absolute Gasteiger partial charge is 0.0728 e. The zero-order chi connectivity index (χ0) is 10.8. The average molecular weight is 219 g/mol. The molecule has 0 heterocycles. The number of hydrogen-bond acceptors (Lipinski definition) is 3. The summed E-state index contributed by atoms with van der Waals surface area (Å²) < 4.78 is 10.7. The number of rotatable bonds is 9.